The molecule has 1 unspecified atom stereocenters. The molecule has 80 valence electrons. The van der Waals surface area contributed by atoms with Crippen LogP contribution in [0.4, 0.5) is 0 Å². The van der Waals surface area contributed by atoms with Gasteiger partial charge in [0.25, 0.3) is 0 Å². The number of nitrogens with zero attached hydrogens (tertiary/aromatic N) is 2. The van der Waals surface area contributed by atoms with Crippen LogP contribution in [0.15, 0.2) is 4.52 Å². The largest absolute Gasteiger partial charge is 0.449 e. The minimum Gasteiger partial charge on any atom is -0.449 e. The molecule has 0 bridgehead atoms. The third kappa shape index (κ3) is 2.97. The zero-order valence-electron chi connectivity index (χ0n) is 8.40. The van der Waals surface area contributed by atoms with E-state index < -0.39 is 0 Å². The Hall–Kier alpha value is -1.14. The van der Waals surface area contributed by atoms with Crippen molar-refractivity contribution in [2.24, 2.45) is 5.73 Å². The van der Waals surface area contributed by atoms with Gasteiger partial charge in [0.2, 0.25) is 0 Å². The van der Waals surface area contributed by atoms with Crippen LogP contribution in [0.1, 0.15) is 25.7 Å². The lowest BCUT2D eigenvalue weighted by molar-refractivity contribution is 0.130. The van der Waals surface area contributed by atoms with Crippen molar-refractivity contribution in [3.8, 4) is 6.08 Å². The van der Waals surface area contributed by atoms with Gasteiger partial charge in [-0.2, -0.15) is 4.98 Å². The average molecular weight is 201 g/mol. The number of hydrogen-bond donors (Lipinski definition) is 1. The first-order chi connectivity index (χ1) is 6.77. The number of ether oxygens (including phenoxy) is 2. The molecule has 0 aromatic carbocycles. The summed E-state index contributed by atoms with van der Waals surface area (Å²) >= 11 is 0. The molecule has 1 aromatic heterocycles. The van der Waals surface area contributed by atoms with Gasteiger partial charge in [-0.3, -0.25) is 4.52 Å². The lowest BCUT2D eigenvalue weighted by Crippen LogP contribution is -2.18. The van der Waals surface area contributed by atoms with Gasteiger partial charge in [-0.05, 0) is 13.8 Å². The molecule has 0 aliphatic carbocycles. The SMILES string of the molecule is CCOCC(N)c1noc(OCC)n1. The number of aromatic nitrogens is 2. The first kappa shape index (κ1) is 10.9. The summed E-state index contributed by atoms with van der Waals surface area (Å²) in [5.74, 6) is 0.405. The van der Waals surface area contributed by atoms with Crippen LogP contribution in [0.2, 0.25) is 0 Å². The maximum atomic E-state index is 5.73. The van der Waals surface area contributed by atoms with E-state index >= 15 is 0 Å². The molecule has 0 fully saturated rings. The molecule has 0 saturated carbocycles. The van der Waals surface area contributed by atoms with E-state index in [2.05, 4.69) is 10.1 Å². The minimum absolute atomic E-state index is 0.148. The highest BCUT2D eigenvalue weighted by atomic mass is 16.6. The summed E-state index contributed by atoms with van der Waals surface area (Å²) in [4.78, 5) is 3.95. The minimum atomic E-state index is -0.368. The Bertz CT molecular complexity index is 264. The average Bonchev–Trinajstić information content (AvgIpc) is 2.63. The third-order valence-corrected chi connectivity index (χ3v) is 1.52. The summed E-state index contributed by atoms with van der Waals surface area (Å²) in [7, 11) is 0. The second kappa shape index (κ2) is 5.56. The molecule has 0 radical (unpaired) electrons. The number of hydrogen-bond acceptors (Lipinski definition) is 6. The molecule has 1 atom stereocenters. The molecule has 0 spiro atoms. The molecule has 1 heterocycles. The van der Waals surface area contributed by atoms with Gasteiger partial charge in [-0.15, -0.1) is 0 Å². The molecule has 6 nitrogen and oxygen atoms in total. The van der Waals surface area contributed by atoms with Crippen molar-refractivity contribution in [1.29, 1.82) is 0 Å². The molecule has 0 saturated heterocycles. The highest BCUT2D eigenvalue weighted by Crippen LogP contribution is 2.11. The van der Waals surface area contributed by atoms with Gasteiger partial charge in [0, 0.05) is 6.61 Å². The monoisotopic (exact) mass is 201 g/mol. The van der Waals surface area contributed by atoms with Gasteiger partial charge in [-0.1, -0.05) is 5.16 Å². The third-order valence-electron chi connectivity index (χ3n) is 1.52. The number of rotatable bonds is 6. The maximum absolute atomic E-state index is 5.73. The second-order valence-electron chi connectivity index (χ2n) is 2.62. The van der Waals surface area contributed by atoms with Gasteiger partial charge in [0.05, 0.1) is 19.3 Å². The van der Waals surface area contributed by atoms with E-state index in [1.165, 1.54) is 0 Å². The van der Waals surface area contributed by atoms with E-state index in [1.54, 1.807) is 0 Å². The Morgan fingerprint density at radius 3 is 2.86 bits per heavy atom. The lowest BCUT2D eigenvalue weighted by Gasteiger charge is -2.05. The van der Waals surface area contributed by atoms with Crippen molar-refractivity contribution >= 4 is 0 Å². The maximum Gasteiger partial charge on any atom is 0.417 e. The zero-order valence-corrected chi connectivity index (χ0v) is 8.40. The van der Waals surface area contributed by atoms with Gasteiger partial charge in [0.1, 0.15) is 0 Å². The normalized spacial score (nSPS) is 12.8. The van der Waals surface area contributed by atoms with Crippen LogP contribution < -0.4 is 10.5 Å². The van der Waals surface area contributed by atoms with Crippen LogP contribution >= 0.6 is 0 Å². The van der Waals surface area contributed by atoms with Gasteiger partial charge < -0.3 is 15.2 Å². The van der Waals surface area contributed by atoms with Crippen molar-refractivity contribution in [1.82, 2.24) is 10.1 Å². The fourth-order valence-corrected chi connectivity index (χ4v) is 0.872. The molecule has 1 aromatic rings. The van der Waals surface area contributed by atoms with E-state index in [4.69, 9.17) is 19.7 Å². The van der Waals surface area contributed by atoms with Crippen LogP contribution in [0, 0.1) is 0 Å². The Kier molecular flexibility index (Phi) is 4.34. The van der Waals surface area contributed by atoms with E-state index in [9.17, 15) is 0 Å². The van der Waals surface area contributed by atoms with Crippen molar-refractivity contribution in [2.45, 2.75) is 19.9 Å². The molecule has 0 amide bonds. The van der Waals surface area contributed by atoms with Crippen molar-refractivity contribution < 1.29 is 14.0 Å². The summed E-state index contributed by atoms with van der Waals surface area (Å²) in [6, 6.07) is -0.368. The first-order valence-corrected chi connectivity index (χ1v) is 4.57. The Labute approximate surface area is 82.4 Å². The topological polar surface area (TPSA) is 83.4 Å². The fourth-order valence-electron chi connectivity index (χ4n) is 0.872. The molecule has 0 aliphatic rings. The summed E-state index contributed by atoms with van der Waals surface area (Å²) in [6.07, 6.45) is 0.148. The van der Waals surface area contributed by atoms with E-state index in [-0.39, 0.29) is 12.1 Å². The highest BCUT2D eigenvalue weighted by molar-refractivity contribution is 4.95. The summed E-state index contributed by atoms with van der Waals surface area (Å²) in [5, 5.41) is 3.67. The molecule has 6 heteroatoms. The Balaban J connectivity index is 2.48. The quantitative estimate of drug-likeness (QED) is 0.721. The molecule has 0 aliphatic heterocycles. The predicted molar refractivity (Wildman–Crippen MR) is 48.9 cm³/mol. The summed E-state index contributed by atoms with van der Waals surface area (Å²) < 4.78 is 14.9. The molecular formula is C8H15N3O3. The standard InChI is InChI=1S/C8H15N3O3/c1-3-12-5-6(9)7-10-8(13-4-2)14-11-7/h6H,3-5,9H2,1-2H3. The van der Waals surface area contributed by atoms with E-state index in [0.717, 1.165) is 0 Å². The van der Waals surface area contributed by atoms with Gasteiger partial charge >= 0.3 is 6.08 Å². The molecule has 2 N–H and O–H groups in total. The van der Waals surface area contributed by atoms with Crippen molar-refractivity contribution in [3.05, 3.63) is 5.82 Å². The van der Waals surface area contributed by atoms with Gasteiger partial charge in [0.15, 0.2) is 5.82 Å². The van der Waals surface area contributed by atoms with E-state index in [0.29, 0.717) is 25.6 Å². The highest BCUT2D eigenvalue weighted by Gasteiger charge is 2.14. The number of nitrogens with two attached hydrogens (primary N) is 1. The first-order valence-electron chi connectivity index (χ1n) is 4.57. The van der Waals surface area contributed by atoms with Crippen molar-refractivity contribution in [2.75, 3.05) is 19.8 Å². The lowest BCUT2D eigenvalue weighted by atomic mass is 10.3. The predicted octanol–water partition coefficient (Wildman–Crippen LogP) is 0.505. The zero-order chi connectivity index (χ0) is 10.4. The van der Waals surface area contributed by atoms with Crippen LogP contribution in [0.5, 0.6) is 6.08 Å². The van der Waals surface area contributed by atoms with Crippen LogP contribution in [0.3, 0.4) is 0 Å². The smallest absolute Gasteiger partial charge is 0.417 e. The van der Waals surface area contributed by atoms with Crippen LogP contribution in [-0.4, -0.2) is 30.0 Å². The van der Waals surface area contributed by atoms with Gasteiger partial charge in [-0.25, -0.2) is 0 Å². The Morgan fingerprint density at radius 1 is 1.43 bits per heavy atom. The molecule has 1 rings (SSSR count). The molecule has 14 heavy (non-hydrogen) atoms. The van der Waals surface area contributed by atoms with E-state index in [1.807, 2.05) is 13.8 Å². The summed E-state index contributed by atoms with van der Waals surface area (Å²) in [5.41, 5.74) is 5.73. The molecular weight excluding hydrogens is 186 g/mol. The Morgan fingerprint density at radius 2 is 2.21 bits per heavy atom. The van der Waals surface area contributed by atoms with Crippen molar-refractivity contribution in [3.63, 3.8) is 0 Å². The second-order valence-corrected chi connectivity index (χ2v) is 2.62. The summed E-state index contributed by atoms with van der Waals surface area (Å²) in [6.45, 7) is 5.21. The van der Waals surface area contributed by atoms with Crippen LogP contribution in [-0.2, 0) is 4.74 Å². The fraction of sp³-hybridized carbons (Fsp3) is 0.750. The van der Waals surface area contributed by atoms with Crippen LogP contribution in [0.25, 0.3) is 0 Å².